The standard InChI is InChI=1S/C10H21BO3Si/c1-7(8(2)12-15)11-13-9(3,4)10(5,6)14-11/h8H,1H2,2-6,15H3. The molecule has 3 nitrogen and oxygen atoms in total. The van der Waals surface area contributed by atoms with Crippen molar-refractivity contribution in [1.82, 2.24) is 0 Å². The summed E-state index contributed by atoms with van der Waals surface area (Å²) >= 11 is 0. The van der Waals surface area contributed by atoms with E-state index < -0.39 is 0 Å². The Bertz CT molecular complexity index is 249. The molecule has 1 atom stereocenters. The third kappa shape index (κ3) is 2.36. The van der Waals surface area contributed by atoms with Crippen LogP contribution in [0.4, 0.5) is 0 Å². The van der Waals surface area contributed by atoms with Gasteiger partial charge in [0.25, 0.3) is 0 Å². The first kappa shape index (κ1) is 13.0. The topological polar surface area (TPSA) is 27.7 Å². The van der Waals surface area contributed by atoms with Gasteiger partial charge in [-0.2, -0.15) is 0 Å². The molecule has 5 heteroatoms. The third-order valence-electron chi connectivity index (χ3n) is 3.43. The van der Waals surface area contributed by atoms with Gasteiger partial charge in [0, 0.05) is 0 Å². The Morgan fingerprint density at radius 1 is 1.27 bits per heavy atom. The van der Waals surface area contributed by atoms with Crippen molar-refractivity contribution < 1.29 is 13.7 Å². The lowest BCUT2D eigenvalue weighted by atomic mass is 9.76. The summed E-state index contributed by atoms with van der Waals surface area (Å²) in [5.74, 6) is 0. The van der Waals surface area contributed by atoms with Gasteiger partial charge in [-0.15, -0.1) is 6.58 Å². The fraction of sp³-hybridized carbons (Fsp3) is 0.800. The molecule has 0 bridgehead atoms. The Hall–Kier alpha value is -0.0982. The van der Waals surface area contributed by atoms with Crippen molar-refractivity contribution in [3.8, 4) is 0 Å². The second-order valence-corrected chi connectivity index (χ2v) is 5.51. The quantitative estimate of drug-likeness (QED) is 0.670. The number of rotatable bonds is 3. The molecule has 0 radical (unpaired) electrons. The van der Waals surface area contributed by atoms with E-state index in [4.69, 9.17) is 13.7 Å². The molecule has 86 valence electrons. The van der Waals surface area contributed by atoms with E-state index in [1.165, 1.54) is 0 Å². The molecule has 0 aromatic carbocycles. The molecule has 1 saturated heterocycles. The summed E-state index contributed by atoms with van der Waals surface area (Å²) in [7, 11) is 0.347. The van der Waals surface area contributed by atoms with Crippen LogP contribution >= 0.6 is 0 Å². The molecule has 0 N–H and O–H groups in total. The van der Waals surface area contributed by atoms with Crippen LogP contribution in [-0.2, 0) is 13.7 Å². The highest BCUT2D eigenvalue weighted by molar-refractivity contribution is 6.54. The van der Waals surface area contributed by atoms with Crippen LogP contribution in [-0.4, -0.2) is 34.9 Å². The smallest absolute Gasteiger partial charge is 0.422 e. The van der Waals surface area contributed by atoms with E-state index >= 15 is 0 Å². The molecular formula is C10H21BO3Si. The first-order valence-corrected chi connectivity index (χ1v) is 6.10. The van der Waals surface area contributed by atoms with E-state index in [0.29, 0.717) is 10.5 Å². The maximum atomic E-state index is 5.86. The molecular weight excluding hydrogens is 207 g/mol. The summed E-state index contributed by atoms with van der Waals surface area (Å²) in [4.78, 5) is 0. The highest BCUT2D eigenvalue weighted by atomic mass is 28.2. The minimum Gasteiger partial charge on any atom is -0.422 e. The molecule has 1 rings (SSSR count). The number of hydrogen-bond donors (Lipinski definition) is 0. The molecule has 0 spiro atoms. The van der Waals surface area contributed by atoms with Crippen LogP contribution in [0.15, 0.2) is 12.1 Å². The van der Waals surface area contributed by atoms with Gasteiger partial charge in [0.1, 0.15) is 10.5 Å². The average Bonchev–Trinajstić information content (AvgIpc) is 2.33. The first-order valence-electron chi connectivity index (χ1n) is 5.28. The van der Waals surface area contributed by atoms with Crippen molar-refractivity contribution in [3.05, 3.63) is 12.1 Å². The van der Waals surface area contributed by atoms with Crippen molar-refractivity contribution in [2.45, 2.75) is 51.9 Å². The second-order valence-electron chi connectivity index (χ2n) is 5.04. The van der Waals surface area contributed by atoms with E-state index in [1.807, 2.05) is 34.6 Å². The molecule has 1 unspecified atom stereocenters. The van der Waals surface area contributed by atoms with E-state index in [1.54, 1.807) is 0 Å². The van der Waals surface area contributed by atoms with Gasteiger partial charge in [-0.1, -0.05) is 0 Å². The van der Waals surface area contributed by atoms with Crippen LogP contribution in [0.2, 0.25) is 0 Å². The fourth-order valence-corrected chi connectivity index (χ4v) is 1.64. The summed E-state index contributed by atoms with van der Waals surface area (Å²) in [6.45, 7) is 14.1. The molecule has 0 aliphatic carbocycles. The van der Waals surface area contributed by atoms with Gasteiger partial charge in [0.15, 0.2) is 0 Å². The van der Waals surface area contributed by atoms with Gasteiger partial charge in [-0.05, 0) is 40.1 Å². The number of hydrogen-bond acceptors (Lipinski definition) is 3. The van der Waals surface area contributed by atoms with Gasteiger partial charge >= 0.3 is 7.12 Å². The normalized spacial score (nSPS) is 25.5. The zero-order valence-electron chi connectivity index (χ0n) is 10.6. The van der Waals surface area contributed by atoms with Gasteiger partial charge in [0.05, 0.1) is 17.3 Å². The fourth-order valence-electron chi connectivity index (χ4n) is 1.34. The molecule has 0 aromatic rings. The minimum atomic E-state index is -0.348. The highest BCUT2D eigenvalue weighted by Gasteiger charge is 2.52. The molecule has 0 amide bonds. The Labute approximate surface area is 95.9 Å². The zero-order valence-corrected chi connectivity index (χ0v) is 12.6. The first-order chi connectivity index (χ1) is 6.71. The van der Waals surface area contributed by atoms with Crippen LogP contribution in [0.3, 0.4) is 0 Å². The lowest BCUT2D eigenvalue weighted by Gasteiger charge is -2.32. The van der Waals surface area contributed by atoms with Gasteiger partial charge in [0.2, 0.25) is 0 Å². The summed E-state index contributed by atoms with van der Waals surface area (Å²) in [5.41, 5.74) is 0.264. The molecule has 0 saturated carbocycles. The molecule has 15 heavy (non-hydrogen) atoms. The van der Waals surface area contributed by atoms with Gasteiger partial charge < -0.3 is 13.7 Å². The predicted octanol–water partition coefficient (Wildman–Crippen LogP) is 0.859. The Kier molecular flexibility index (Phi) is 3.50. The monoisotopic (exact) mass is 228 g/mol. The van der Waals surface area contributed by atoms with E-state index in [-0.39, 0.29) is 24.4 Å². The molecule has 1 aliphatic rings. The molecule has 1 aliphatic heterocycles. The van der Waals surface area contributed by atoms with Crippen molar-refractivity contribution >= 4 is 17.6 Å². The molecule has 1 heterocycles. The lowest BCUT2D eigenvalue weighted by Crippen LogP contribution is -2.41. The zero-order chi connectivity index (χ0) is 11.9. The van der Waals surface area contributed by atoms with Crippen molar-refractivity contribution in [1.29, 1.82) is 0 Å². The molecule has 0 aromatic heterocycles. The third-order valence-corrected chi connectivity index (χ3v) is 4.14. The minimum absolute atomic E-state index is 0.00590. The summed E-state index contributed by atoms with van der Waals surface area (Å²) in [5, 5.41) is 0. The van der Waals surface area contributed by atoms with E-state index in [0.717, 1.165) is 5.47 Å². The van der Waals surface area contributed by atoms with E-state index in [9.17, 15) is 0 Å². The average molecular weight is 228 g/mol. The summed E-state index contributed by atoms with van der Waals surface area (Å²) in [6, 6.07) is 0. The maximum Gasteiger partial charge on any atom is 0.492 e. The van der Waals surface area contributed by atoms with Gasteiger partial charge in [-0.25, -0.2) is 0 Å². The van der Waals surface area contributed by atoms with Crippen LogP contribution in [0.5, 0.6) is 0 Å². The Morgan fingerprint density at radius 2 is 1.67 bits per heavy atom. The largest absolute Gasteiger partial charge is 0.492 e. The van der Waals surface area contributed by atoms with Crippen molar-refractivity contribution in [2.24, 2.45) is 0 Å². The van der Waals surface area contributed by atoms with E-state index in [2.05, 4.69) is 6.58 Å². The highest BCUT2D eigenvalue weighted by Crippen LogP contribution is 2.38. The maximum absolute atomic E-state index is 5.86. The van der Waals surface area contributed by atoms with Crippen LogP contribution in [0.25, 0.3) is 0 Å². The molecule has 1 fully saturated rings. The van der Waals surface area contributed by atoms with Crippen molar-refractivity contribution in [3.63, 3.8) is 0 Å². The summed E-state index contributed by atoms with van der Waals surface area (Å²) in [6.07, 6.45) is 0.00590. The SMILES string of the molecule is C=C(B1OC(C)(C)C(C)(C)O1)C(C)O[SiH3]. The van der Waals surface area contributed by atoms with Crippen LogP contribution in [0.1, 0.15) is 34.6 Å². The van der Waals surface area contributed by atoms with Crippen molar-refractivity contribution in [2.75, 3.05) is 0 Å². The summed E-state index contributed by atoms with van der Waals surface area (Å²) < 4.78 is 17.1. The lowest BCUT2D eigenvalue weighted by molar-refractivity contribution is 0.00578. The van der Waals surface area contributed by atoms with Crippen LogP contribution in [0, 0.1) is 0 Å². The van der Waals surface area contributed by atoms with Crippen LogP contribution < -0.4 is 0 Å². The second kappa shape index (κ2) is 4.05. The Balaban J connectivity index is 2.75. The van der Waals surface area contributed by atoms with Gasteiger partial charge in [-0.3, -0.25) is 0 Å². The Morgan fingerprint density at radius 3 is 2.00 bits per heavy atom. The predicted molar refractivity (Wildman–Crippen MR) is 65.7 cm³/mol.